The summed E-state index contributed by atoms with van der Waals surface area (Å²) in [5, 5.41) is 22.7. The van der Waals surface area contributed by atoms with Crippen molar-refractivity contribution in [2.24, 2.45) is 0 Å². The number of hydrogen-bond donors (Lipinski definition) is 3. The van der Waals surface area contributed by atoms with Crippen molar-refractivity contribution in [3.8, 4) is 0 Å². The average Bonchev–Trinajstić information content (AvgIpc) is 2.60. The number of carbonyl (C=O) groups is 2. The Bertz CT molecular complexity index is 373. The molecule has 1 aromatic heterocycles. The second kappa shape index (κ2) is 4.56. The van der Waals surface area contributed by atoms with Crippen LogP contribution in [0.25, 0.3) is 0 Å². The minimum absolute atomic E-state index is 0.0211. The fourth-order valence-corrected chi connectivity index (χ4v) is 0.891. The molecule has 1 heterocycles. The van der Waals surface area contributed by atoms with E-state index in [4.69, 9.17) is 10.2 Å². The first kappa shape index (κ1) is 11.2. The van der Waals surface area contributed by atoms with E-state index < -0.39 is 24.5 Å². The molecule has 0 bridgehead atoms. The van der Waals surface area contributed by atoms with Crippen LogP contribution in [0.15, 0.2) is 10.6 Å². The van der Waals surface area contributed by atoms with Crippen molar-refractivity contribution < 1.29 is 24.3 Å². The Labute approximate surface area is 84.7 Å². The lowest BCUT2D eigenvalue weighted by Gasteiger charge is -2.09. The van der Waals surface area contributed by atoms with Gasteiger partial charge in [0.15, 0.2) is 11.7 Å². The van der Waals surface area contributed by atoms with Crippen LogP contribution in [0.2, 0.25) is 0 Å². The molecule has 0 aliphatic rings. The number of rotatable bonds is 4. The quantitative estimate of drug-likeness (QED) is 0.602. The summed E-state index contributed by atoms with van der Waals surface area (Å²) in [5.41, 5.74) is -0.0211. The van der Waals surface area contributed by atoms with Crippen LogP contribution in [0.1, 0.15) is 16.2 Å². The minimum atomic E-state index is -1.34. The summed E-state index contributed by atoms with van der Waals surface area (Å²) in [6.45, 7) is 0.919. The van der Waals surface area contributed by atoms with Crippen LogP contribution in [0.4, 0.5) is 0 Å². The molecule has 3 N–H and O–H groups in total. The number of hydrogen-bond acceptors (Lipinski definition) is 5. The monoisotopic (exact) mass is 214 g/mol. The van der Waals surface area contributed by atoms with Gasteiger partial charge in [-0.25, -0.2) is 4.79 Å². The Morgan fingerprint density at radius 1 is 1.67 bits per heavy atom. The first-order chi connectivity index (χ1) is 7.04. The second-order valence-electron chi connectivity index (χ2n) is 2.87. The Morgan fingerprint density at radius 2 is 2.33 bits per heavy atom. The van der Waals surface area contributed by atoms with Crippen molar-refractivity contribution in [1.29, 1.82) is 0 Å². The molecule has 0 saturated carbocycles. The standard InChI is InChI=1S/C8H10N2O5/c1-4-2-5(10-15-4)7(12)9-6(3-11)8(13)14/h2,6,11H,3H2,1H3,(H,9,12)(H,13,14)/t6-/m0/s1. The van der Waals surface area contributed by atoms with Crippen molar-refractivity contribution in [2.45, 2.75) is 13.0 Å². The molecule has 7 heteroatoms. The van der Waals surface area contributed by atoms with Crippen LogP contribution in [0, 0.1) is 6.92 Å². The van der Waals surface area contributed by atoms with E-state index in [-0.39, 0.29) is 5.69 Å². The second-order valence-corrected chi connectivity index (χ2v) is 2.87. The van der Waals surface area contributed by atoms with Gasteiger partial charge < -0.3 is 20.1 Å². The van der Waals surface area contributed by atoms with Crippen LogP contribution < -0.4 is 5.32 Å². The number of amides is 1. The Morgan fingerprint density at radius 3 is 2.73 bits per heavy atom. The van der Waals surface area contributed by atoms with Gasteiger partial charge in [-0.2, -0.15) is 0 Å². The SMILES string of the molecule is Cc1cc(C(=O)N[C@@H](CO)C(=O)O)no1. The maximum atomic E-state index is 11.3. The summed E-state index contributed by atoms with van der Waals surface area (Å²) in [6, 6.07) is 0.0283. The van der Waals surface area contributed by atoms with E-state index in [9.17, 15) is 9.59 Å². The number of aryl methyl sites for hydroxylation is 1. The maximum Gasteiger partial charge on any atom is 0.328 e. The Kier molecular flexibility index (Phi) is 3.40. The van der Waals surface area contributed by atoms with Gasteiger partial charge in [-0.15, -0.1) is 0 Å². The zero-order valence-corrected chi connectivity index (χ0v) is 7.93. The molecule has 0 saturated heterocycles. The van der Waals surface area contributed by atoms with Gasteiger partial charge in [0.2, 0.25) is 0 Å². The molecule has 0 fully saturated rings. The summed E-state index contributed by atoms with van der Waals surface area (Å²) in [5.74, 6) is -1.57. The van der Waals surface area contributed by atoms with E-state index in [1.807, 2.05) is 0 Å². The third-order valence-corrected chi connectivity index (χ3v) is 1.65. The lowest BCUT2D eigenvalue weighted by molar-refractivity contribution is -0.140. The van der Waals surface area contributed by atoms with Crippen LogP contribution in [-0.4, -0.2) is 39.9 Å². The predicted molar refractivity (Wildman–Crippen MR) is 47.2 cm³/mol. The molecule has 1 amide bonds. The molecule has 1 rings (SSSR count). The highest BCUT2D eigenvalue weighted by atomic mass is 16.5. The van der Waals surface area contributed by atoms with Gasteiger partial charge in [0, 0.05) is 6.07 Å². The molecule has 0 unspecified atom stereocenters. The molecule has 0 spiro atoms. The van der Waals surface area contributed by atoms with Crippen molar-refractivity contribution in [2.75, 3.05) is 6.61 Å². The Hall–Kier alpha value is -1.89. The van der Waals surface area contributed by atoms with Gasteiger partial charge in [0.1, 0.15) is 5.76 Å². The summed E-state index contributed by atoms with van der Waals surface area (Å²) < 4.78 is 4.64. The summed E-state index contributed by atoms with van der Waals surface area (Å²) >= 11 is 0. The number of carboxylic acids is 1. The fourth-order valence-electron chi connectivity index (χ4n) is 0.891. The largest absolute Gasteiger partial charge is 0.480 e. The molecule has 0 radical (unpaired) electrons. The van der Waals surface area contributed by atoms with Crippen molar-refractivity contribution in [3.05, 3.63) is 17.5 Å². The number of carboxylic acid groups (broad SMARTS) is 1. The maximum absolute atomic E-state index is 11.3. The number of nitrogens with one attached hydrogen (secondary N) is 1. The molecule has 15 heavy (non-hydrogen) atoms. The zero-order chi connectivity index (χ0) is 11.4. The molecule has 0 aromatic carbocycles. The van der Waals surface area contributed by atoms with Gasteiger partial charge in [-0.3, -0.25) is 4.79 Å². The predicted octanol–water partition coefficient (Wildman–Crippen LogP) is -0.842. The molecule has 1 aromatic rings. The number of aliphatic hydroxyl groups excluding tert-OH is 1. The van der Waals surface area contributed by atoms with E-state index in [0.29, 0.717) is 5.76 Å². The van der Waals surface area contributed by atoms with Crippen molar-refractivity contribution >= 4 is 11.9 Å². The van der Waals surface area contributed by atoms with Crippen LogP contribution in [0.3, 0.4) is 0 Å². The third-order valence-electron chi connectivity index (χ3n) is 1.65. The van der Waals surface area contributed by atoms with Gasteiger partial charge >= 0.3 is 5.97 Å². The highest BCUT2D eigenvalue weighted by Gasteiger charge is 2.21. The van der Waals surface area contributed by atoms with Crippen molar-refractivity contribution in [1.82, 2.24) is 10.5 Å². The molecular formula is C8H10N2O5. The first-order valence-corrected chi connectivity index (χ1v) is 4.12. The van der Waals surface area contributed by atoms with E-state index in [1.54, 1.807) is 6.92 Å². The molecule has 0 aliphatic heterocycles. The first-order valence-electron chi connectivity index (χ1n) is 4.12. The molecule has 0 aliphatic carbocycles. The van der Waals surface area contributed by atoms with Crippen LogP contribution in [0.5, 0.6) is 0 Å². The lowest BCUT2D eigenvalue weighted by Crippen LogP contribution is -2.43. The highest BCUT2D eigenvalue weighted by molar-refractivity contribution is 5.94. The zero-order valence-electron chi connectivity index (χ0n) is 7.93. The number of carbonyl (C=O) groups excluding carboxylic acids is 1. The van der Waals surface area contributed by atoms with Gasteiger partial charge in [0.25, 0.3) is 5.91 Å². The Balaban J connectivity index is 2.66. The summed E-state index contributed by atoms with van der Waals surface area (Å²) in [4.78, 5) is 21.8. The fraction of sp³-hybridized carbons (Fsp3) is 0.375. The van der Waals surface area contributed by atoms with Gasteiger partial charge in [0.05, 0.1) is 6.61 Å². The summed E-state index contributed by atoms with van der Waals surface area (Å²) in [7, 11) is 0. The van der Waals surface area contributed by atoms with Gasteiger partial charge in [-0.1, -0.05) is 5.16 Å². The van der Waals surface area contributed by atoms with Crippen LogP contribution >= 0.6 is 0 Å². The lowest BCUT2D eigenvalue weighted by atomic mass is 10.3. The molecule has 82 valence electrons. The normalized spacial score (nSPS) is 12.1. The van der Waals surface area contributed by atoms with Crippen LogP contribution in [-0.2, 0) is 4.79 Å². The smallest absolute Gasteiger partial charge is 0.328 e. The topological polar surface area (TPSA) is 113 Å². The van der Waals surface area contributed by atoms with E-state index in [2.05, 4.69) is 15.0 Å². The molecule has 1 atom stereocenters. The van der Waals surface area contributed by atoms with E-state index >= 15 is 0 Å². The van der Waals surface area contributed by atoms with E-state index in [0.717, 1.165) is 0 Å². The average molecular weight is 214 g/mol. The number of nitrogens with zero attached hydrogens (tertiary/aromatic N) is 1. The third kappa shape index (κ3) is 2.78. The van der Waals surface area contributed by atoms with Crippen molar-refractivity contribution in [3.63, 3.8) is 0 Å². The molecule has 7 nitrogen and oxygen atoms in total. The van der Waals surface area contributed by atoms with E-state index in [1.165, 1.54) is 6.07 Å². The number of aromatic nitrogens is 1. The highest BCUT2D eigenvalue weighted by Crippen LogP contribution is 2.01. The molecular weight excluding hydrogens is 204 g/mol. The minimum Gasteiger partial charge on any atom is -0.480 e. The summed E-state index contributed by atoms with van der Waals surface area (Å²) in [6.07, 6.45) is 0. The number of aliphatic carboxylic acids is 1. The number of aliphatic hydroxyl groups is 1. The van der Waals surface area contributed by atoms with Gasteiger partial charge in [-0.05, 0) is 6.92 Å².